The van der Waals surface area contributed by atoms with Crippen LogP contribution >= 0.6 is 0 Å². The fourth-order valence-corrected chi connectivity index (χ4v) is 3.82. The van der Waals surface area contributed by atoms with E-state index < -0.39 is 0 Å². The maximum absolute atomic E-state index is 13.1. The largest absolute Gasteiger partial charge is 0.334 e. The smallest absolute Gasteiger partial charge is 0.246 e. The van der Waals surface area contributed by atoms with Crippen molar-refractivity contribution in [2.24, 2.45) is 0 Å². The Morgan fingerprint density at radius 2 is 1.79 bits per heavy atom. The number of hydrogen-bond donors (Lipinski definition) is 0. The summed E-state index contributed by atoms with van der Waals surface area (Å²) in [6.07, 6.45) is 3.61. The first kappa shape index (κ1) is 20.3. The van der Waals surface area contributed by atoms with Crippen molar-refractivity contribution >= 4 is 12.0 Å². The molecule has 0 aromatic heterocycles. The minimum atomic E-state index is -0.212. The summed E-state index contributed by atoms with van der Waals surface area (Å²) >= 11 is 0. The van der Waals surface area contributed by atoms with E-state index in [1.807, 2.05) is 23.1 Å². The van der Waals surface area contributed by atoms with Gasteiger partial charge in [0, 0.05) is 37.8 Å². The predicted molar refractivity (Wildman–Crippen MR) is 112 cm³/mol. The second kappa shape index (κ2) is 8.70. The summed E-state index contributed by atoms with van der Waals surface area (Å²) in [6.45, 7) is 10.6. The molecular weight excluding hydrogens is 351 g/mol. The van der Waals surface area contributed by atoms with Crippen LogP contribution in [-0.4, -0.2) is 40.9 Å². The van der Waals surface area contributed by atoms with E-state index in [-0.39, 0.29) is 23.8 Å². The van der Waals surface area contributed by atoms with Crippen LogP contribution in [0.25, 0.3) is 6.08 Å². The number of hydrogen-bond acceptors (Lipinski definition) is 2. The lowest BCUT2D eigenvalue weighted by Gasteiger charge is -2.44. The fourth-order valence-electron chi connectivity index (χ4n) is 3.82. The zero-order valence-electron chi connectivity index (χ0n) is 17.2. The van der Waals surface area contributed by atoms with Crippen molar-refractivity contribution < 1.29 is 9.18 Å². The molecule has 2 aromatic rings. The van der Waals surface area contributed by atoms with E-state index in [1.54, 1.807) is 6.08 Å². The quantitative estimate of drug-likeness (QED) is 0.725. The number of carbonyl (C=O) groups excluding carboxylic acids is 1. The maximum Gasteiger partial charge on any atom is 0.246 e. The van der Waals surface area contributed by atoms with Gasteiger partial charge >= 0.3 is 0 Å². The number of rotatable bonds is 4. The van der Waals surface area contributed by atoms with Gasteiger partial charge in [-0.1, -0.05) is 35.9 Å². The molecule has 0 spiro atoms. The minimum Gasteiger partial charge on any atom is -0.334 e. The van der Waals surface area contributed by atoms with Crippen LogP contribution in [0.4, 0.5) is 4.39 Å². The minimum absolute atomic E-state index is 0.0563. The topological polar surface area (TPSA) is 23.6 Å². The van der Waals surface area contributed by atoms with Crippen molar-refractivity contribution in [1.29, 1.82) is 0 Å². The van der Waals surface area contributed by atoms with Crippen molar-refractivity contribution in [2.75, 3.05) is 13.1 Å². The van der Waals surface area contributed by atoms with Crippen molar-refractivity contribution in [3.05, 3.63) is 76.6 Å². The normalized spacial score (nSPS) is 20.7. The van der Waals surface area contributed by atoms with Gasteiger partial charge in [-0.15, -0.1) is 0 Å². The Morgan fingerprint density at radius 1 is 1.07 bits per heavy atom. The third-order valence-corrected chi connectivity index (χ3v) is 5.53. The zero-order chi connectivity index (χ0) is 20.3. The van der Waals surface area contributed by atoms with E-state index in [4.69, 9.17) is 0 Å². The summed E-state index contributed by atoms with van der Waals surface area (Å²) in [5.41, 5.74) is 4.57. The summed E-state index contributed by atoms with van der Waals surface area (Å²) in [6, 6.07) is 13.3. The van der Waals surface area contributed by atoms with Gasteiger partial charge in [-0.05, 0) is 62.6 Å². The van der Waals surface area contributed by atoms with E-state index in [0.717, 1.165) is 24.2 Å². The second-order valence-electron chi connectivity index (χ2n) is 7.94. The molecule has 1 aliphatic heterocycles. The van der Waals surface area contributed by atoms with E-state index in [1.165, 1.54) is 23.3 Å². The Balaban J connectivity index is 1.63. The highest BCUT2D eigenvalue weighted by Crippen LogP contribution is 2.19. The van der Waals surface area contributed by atoms with Crippen molar-refractivity contribution in [3.8, 4) is 0 Å². The van der Waals surface area contributed by atoms with Crippen LogP contribution in [-0.2, 0) is 11.3 Å². The standard InChI is InChI=1S/C24H29FN2O/c1-17-5-8-22(18(2)13-17)9-12-24(28)27-15-19(3)26(14-20(27)4)16-21-6-10-23(25)11-7-21/h5-13,19-20H,14-16H2,1-4H3/b12-9+/t19-,20+/m1/s1. The second-order valence-corrected chi connectivity index (χ2v) is 7.94. The van der Waals surface area contributed by atoms with Gasteiger partial charge in [0.1, 0.15) is 5.82 Å². The zero-order valence-corrected chi connectivity index (χ0v) is 17.2. The Morgan fingerprint density at radius 3 is 2.46 bits per heavy atom. The molecule has 3 rings (SSSR count). The lowest BCUT2D eigenvalue weighted by molar-refractivity contribution is -0.131. The number of amides is 1. The van der Waals surface area contributed by atoms with Crippen molar-refractivity contribution in [1.82, 2.24) is 9.80 Å². The Kier molecular flexibility index (Phi) is 6.30. The van der Waals surface area contributed by atoms with Gasteiger partial charge in [0.05, 0.1) is 0 Å². The van der Waals surface area contributed by atoms with Crippen LogP contribution in [0.5, 0.6) is 0 Å². The van der Waals surface area contributed by atoms with Gasteiger partial charge in [0.25, 0.3) is 0 Å². The lowest BCUT2D eigenvalue weighted by atomic mass is 10.0. The molecule has 3 nitrogen and oxygen atoms in total. The van der Waals surface area contributed by atoms with E-state index in [2.05, 4.69) is 50.8 Å². The Hall–Kier alpha value is -2.46. The number of nitrogens with zero attached hydrogens (tertiary/aromatic N) is 2. The molecule has 148 valence electrons. The first-order valence-electron chi connectivity index (χ1n) is 9.88. The third kappa shape index (κ3) is 4.87. The number of benzene rings is 2. The van der Waals surface area contributed by atoms with Crippen LogP contribution in [0.3, 0.4) is 0 Å². The monoisotopic (exact) mass is 380 g/mol. The highest BCUT2D eigenvalue weighted by atomic mass is 19.1. The molecule has 1 amide bonds. The predicted octanol–water partition coefficient (Wildman–Crippen LogP) is 4.58. The van der Waals surface area contributed by atoms with Crippen LogP contribution in [0.1, 0.15) is 36.1 Å². The Labute approximate surface area is 167 Å². The molecule has 4 heteroatoms. The van der Waals surface area contributed by atoms with Gasteiger partial charge in [0.15, 0.2) is 0 Å². The molecule has 0 saturated carbocycles. The van der Waals surface area contributed by atoms with Gasteiger partial charge in [-0.3, -0.25) is 9.69 Å². The van der Waals surface area contributed by atoms with Gasteiger partial charge in [-0.25, -0.2) is 4.39 Å². The van der Waals surface area contributed by atoms with Crippen molar-refractivity contribution in [2.45, 2.75) is 46.3 Å². The molecule has 28 heavy (non-hydrogen) atoms. The summed E-state index contributed by atoms with van der Waals surface area (Å²) in [4.78, 5) is 17.1. The molecule has 0 unspecified atom stereocenters. The third-order valence-electron chi connectivity index (χ3n) is 5.53. The molecule has 1 heterocycles. The number of carbonyl (C=O) groups is 1. The highest BCUT2D eigenvalue weighted by Gasteiger charge is 2.30. The van der Waals surface area contributed by atoms with Gasteiger partial charge in [-0.2, -0.15) is 0 Å². The molecule has 0 radical (unpaired) electrons. The molecule has 2 atom stereocenters. The number of piperazine rings is 1. The molecule has 1 aliphatic rings. The Bertz CT molecular complexity index is 859. The number of halogens is 1. The molecule has 1 saturated heterocycles. The average Bonchev–Trinajstić information content (AvgIpc) is 2.65. The fraction of sp³-hybridized carbons (Fsp3) is 0.375. The first-order chi connectivity index (χ1) is 13.3. The molecule has 0 N–H and O–H groups in total. The van der Waals surface area contributed by atoms with Crippen LogP contribution in [0, 0.1) is 19.7 Å². The summed E-state index contributed by atoms with van der Waals surface area (Å²) in [5.74, 6) is -0.156. The molecular formula is C24H29FN2O. The van der Waals surface area contributed by atoms with Gasteiger partial charge in [0.2, 0.25) is 5.91 Å². The van der Waals surface area contributed by atoms with Crippen molar-refractivity contribution in [3.63, 3.8) is 0 Å². The average molecular weight is 381 g/mol. The van der Waals surface area contributed by atoms with Crippen LogP contribution < -0.4 is 0 Å². The summed E-state index contributed by atoms with van der Waals surface area (Å²) < 4.78 is 13.1. The number of aryl methyl sites for hydroxylation is 2. The molecule has 1 fully saturated rings. The van der Waals surface area contributed by atoms with E-state index in [9.17, 15) is 9.18 Å². The van der Waals surface area contributed by atoms with Crippen LogP contribution in [0.15, 0.2) is 48.5 Å². The summed E-state index contributed by atoms with van der Waals surface area (Å²) in [7, 11) is 0. The van der Waals surface area contributed by atoms with Gasteiger partial charge < -0.3 is 4.90 Å². The highest BCUT2D eigenvalue weighted by molar-refractivity contribution is 5.92. The van der Waals surface area contributed by atoms with Crippen LogP contribution in [0.2, 0.25) is 0 Å². The summed E-state index contributed by atoms with van der Waals surface area (Å²) in [5, 5.41) is 0. The maximum atomic E-state index is 13.1. The molecule has 2 aromatic carbocycles. The SMILES string of the molecule is Cc1ccc(/C=C/C(=O)N2C[C@@H](C)N(Cc3ccc(F)cc3)C[C@@H]2C)c(C)c1. The van der Waals surface area contributed by atoms with E-state index >= 15 is 0 Å². The molecule has 0 aliphatic carbocycles. The molecule has 0 bridgehead atoms. The van der Waals surface area contributed by atoms with E-state index in [0.29, 0.717) is 6.54 Å². The lowest BCUT2D eigenvalue weighted by Crippen LogP contribution is -2.57. The first-order valence-corrected chi connectivity index (χ1v) is 9.88.